The monoisotopic (exact) mass is 359 g/mol. The van der Waals surface area contributed by atoms with Gasteiger partial charge in [-0.15, -0.1) is 0 Å². The van der Waals surface area contributed by atoms with Crippen LogP contribution in [0, 0.1) is 0 Å². The third-order valence-corrected chi connectivity index (χ3v) is 5.81. The minimum absolute atomic E-state index is 0.0849. The number of fused-ring (bicyclic) bond motifs is 1. The molecule has 0 spiro atoms. The van der Waals surface area contributed by atoms with Gasteiger partial charge < -0.3 is 14.7 Å². The second kappa shape index (κ2) is 6.62. The number of benzene rings is 1. The molecule has 8 heteroatoms. The quantitative estimate of drug-likeness (QED) is 0.767. The number of hydrogen-bond acceptors (Lipinski definition) is 7. The number of methoxy groups -OCH3 is 1. The van der Waals surface area contributed by atoms with Crippen molar-refractivity contribution < 1.29 is 9.84 Å². The topological polar surface area (TPSA) is 66.1 Å². The first kappa shape index (κ1) is 16.3. The minimum Gasteiger partial charge on any atom is -0.496 e. The lowest BCUT2D eigenvalue weighted by molar-refractivity contribution is 0.126. The van der Waals surface area contributed by atoms with Crippen molar-refractivity contribution in [2.45, 2.75) is 6.04 Å². The van der Waals surface area contributed by atoms with E-state index in [0.717, 1.165) is 42.4 Å². The first-order valence-corrected chi connectivity index (χ1v) is 9.07. The van der Waals surface area contributed by atoms with Crippen LogP contribution in [0.25, 0.3) is 4.96 Å². The highest BCUT2D eigenvalue weighted by Crippen LogP contribution is 2.42. The standard InChI is InChI=1S/C17H21N5O2S/c1-20-7-9-21(10-8-20)14(12-5-3-4-6-13(12)24-2)15-16(23)22-17(25-15)18-11-19-22/h3-6,11,14,23H,7-10H2,1-2H3. The Morgan fingerprint density at radius 2 is 1.96 bits per heavy atom. The zero-order chi connectivity index (χ0) is 17.4. The highest BCUT2D eigenvalue weighted by Gasteiger charge is 2.32. The fourth-order valence-electron chi connectivity index (χ4n) is 3.35. The van der Waals surface area contributed by atoms with E-state index in [9.17, 15) is 5.11 Å². The zero-order valence-electron chi connectivity index (χ0n) is 14.3. The fraction of sp³-hybridized carbons (Fsp3) is 0.412. The molecule has 1 atom stereocenters. The Morgan fingerprint density at radius 3 is 2.68 bits per heavy atom. The summed E-state index contributed by atoms with van der Waals surface area (Å²) in [6.07, 6.45) is 1.46. The molecule has 0 radical (unpaired) electrons. The average molecular weight is 359 g/mol. The van der Waals surface area contributed by atoms with Crippen LogP contribution in [-0.2, 0) is 0 Å². The molecule has 0 saturated carbocycles. The predicted octanol–water partition coefficient (Wildman–Crippen LogP) is 1.84. The molecule has 1 unspecified atom stereocenters. The van der Waals surface area contributed by atoms with Gasteiger partial charge >= 0.3 is 0 Å². The van der Waals surface area contributed by atoms with E-state index in [4.69, 9.17) is 4.74 Å². The maximum absolute atomic E-state index is 10.7. The lowest BCUT2D eigenvalue weighted by Crippen LogP contribution is -2.46. The Balaban J connectivity index is 1.83. The van der Waals surface area contributed by atoms with Crippen molar-refractivity contribution in [2.75, 3.05) is 40.3 Å². The van der Waals surface area contributed by atoms with E-state index in [1.165, 1.54) is 22.2 Å². The van der Waals surface area contributed by atoms with Crippen molar-refractivity contribution in [1.82, 2.24) is 24.4 Å². The Labute approximate surface area is 150 Å². The largest absolute Gasteiger partial charge is 0.496 e. The van der Waals surface area contributed by atoms with E-state index in [1.807, 2.05) is 18.2 Å². The third kappa shape index (κ3) is 2.86. The smallest absolute Gasteiger partial charge is 0.230 e. The van der Waals surface area contributed by atoms with Gasteiger partial charge in [-0.2, -0.15) is 9.61 Å². The van der Waals surface area contributed by atoms with E-state index in [2.05, 4.69) is 33.0 Å². The number of aromatic nitrogens is 3. The summed E-state index contributed by atoms with van der Waals surface area (Å²) < 4.78 is 7.10. The number of para-hydroxylation sites is 1. The number of nitrogens with zero attached hydrogens (tertiary/aromatic N) is 5. The summed E-state index contributed by atoms with van der Waals surface area (Å²) in [7, 11) is 3.82. The van der Waals surface area contributed by atoms with Crippen LogP contribution in [0.1, 0.15) is 16.5 Å². The Hall–Kier alpha value is -2.16. The van der Waals surface area contributed by atoms with Gasteiger partial charge in [0, 0.05) is 31.7 Å². The third-order valence-electron chi connectivity index (χ3n) is 4.72. The second-order valence-corrected chi connectivity index (χ2v) is 7.24. The van der Waals surface area contributed by atoms with Crippen molar-refractivity contribution >= 4 is 16.3 Å². The van der Waals surface area contributed by atoms with Crippen LogP contribution in [0.5, 0.6) is 11.6 Å². The number of hydrogen-bond donors (Lipinski definition) is 1. The van der Waals surface area contributed by atoms with E-state index < -0.39 is 0 Å². The average Bonchev–Trinajstić information content (AvgIpc) is 3.21. The van der Waals surface area contributed by atoms with Gasteiger partial charge in [-0.3, -0.25) is 4.90 Å². The van der Waals surface area contributed by atoms with Crippen LogP contribution in [0.3, 0.4) is 0 Å². The molecule has 3 aromatic rings. The normalized spacial score (nSPS) is 17.8. The number of rotatable bonds is 4. The van der Waals surface area contributed by atoms with Gasteiger partial charge in [0.15, 0.2) is 0 Å². The molecule has 25 heavy (non-hydrogen) atoms. The van der Waals surface area contributed by atoms with E-state index in [0.29, 0.717) is 4.96 Å². The molecule has 3 heterocycles. The molecular weight excluding hydrogens is 338 g/mol. The molecular formula is C17H21N5O2S. The zero-order valence-corrected chi connectivity index (χ0v) is 15.1. The summed E-state index contributed by atoms with van der Waals surface area (Å²) >= 11 is 1.48. The molecule has 2 aromatic heterocycles. The molecule has 1 saturated heterocycles. The number of ether oxygens (including phenoxy) is 1. The highest BCUT2D eigenvalue weighted by molar-refractivity contribution is 7.17. The van der Waals surface area contributed by atoms with Crippen LogP contribution in [0.4, 0.5) is 0 Å². The summed E-state index contributed by atoms with van der Waals surface area (Å²) in [5.74, 6) is 0.983. The molecule has 1 fully saturated rings. The van der Waals surface area contributed by atoms with Crippen LogP contribution in [0.2, 0.25) is 0 Å². The van der Waals surface area contributed by atoms with Gasteiger partial charge in [-0.05, 0) is 13.1 Å². The lowest BCUT2D eigenvalue weighted by atomic mass is 10.0. The van der Waals surface area contributed by atoms with Crippen molar-refractivity contribution in [3.63, 3.8) is 0 Å². The van der Waals surface area contributed by atoms with Crippen LogP contribution >= 0.6 is 11.3 Å². The molecule has 1 aliphatic heterocycles. The van der Waals surface area contributed by atoms with Gasteiger partial charge in [-0.25, -0.2) is 4.98 Å². The van der Waals surface area contributed by atoms with Gasteiger partial charge in [0.05, 0.1) is 18.0 Å². The van der Waals surface area contributed by atoms with E-state index in [-0.39, 0.29) is 11.9 Å². The minimum atomic E-state index is -0.0849. The molecule has 0 amide bonds. The van der Waals surface area contributed by atoms with Crippen LogP contribution in [0.15, 0.2) is 30.6 Å². The van der Waals surface area contributed by atoms with E-state index in [1.54, 1.807) is 7.11 Å². The lowest BCUT2D eigenvalue weighted by Gasteiger charge is -2.38. The molecule has 1 N–H and O–H groups in total. The highest BCUT2D eigenvalue weighted by atomic mass is 32.1. The van der Waals surface area contributed by atoms with Crippen LogP contribution < -0.4 is 4.74 Å². The molecule has 1 aliphatic rings. The number of aromatic hydroxyl groups is 1. The van der Waals surface area contributed by atoms with Crippen molar-refractivity contribution in [3.05, 3.63) is 41.0 Å². The van der Waals surface area contributed by atoms with Crippen molar-refractivity contribution in [3.8, 4) is 11.6 Å². The number of piperazine rings is 1. The Morgan fingerprint density at radius 1 is 1.20 bits per heavy atom. The predicted molar refractivity (Wildman–Crippen MR) is 96.4 cm³/mol. The maximum Gasteiger partial charge on any atom is 0.230 e. The molecule has 0 aliphatic carbocycles. The van der Waals surface area contributed by atoms with Gasteiger partial charge in [0.1, 0.15) is 12.1 Å². The summed E-state index contributed by atoms with van der Waals surface area (Å²) in [5, 5.41) is 14.9. The second-order valence-electron chi connectivity index (χ2n) is 6.23. The molecule has 132 valence electrons. The van der Waals surface area contributed by atoms with Gasteiger partial charge in [0.2, 0.25) is 10.8 Å². The summed E-state index contributed by atoms with van der Waals surface area (Å²) in [6.45, 7) is 3.83. The number of thiazole rings is 1. The SMILES string of the molecule is COc1ccccc1C(c1sc2ncnn2c1O)N1CCN(C)CC1. The van der Waals surface area contributed by atoms with Crippen molar-refractivity contribution in [2.24, 2.45) is 0 Å². The Kier molecular flexibility index (Phi) is 4.32. The first-order chi connectivity index (χ1) is 12.2. The summed E-state index contributed by atoms with van der Waals surface area (Å²) in [4.78, 5) is 10.5. The molecule has 0 bridgehead atoms. The maximum atomic E-state index is 10.7. The number of likely N-dealkylation sites (N-methyl/N-ethyl adjacent to an activating group) is 1. The summed E-state index contributed by atoms with van der Waals surface area (Å²) in [6, 6.07) is 7.92. The van der Waals surface area contributed by atoms with Crippen LogP contribution in [-0.4, -0.2) is 69.8 Å². The fourth-order valence-corrected chi connectivity index (χ4v) is 4.43. The molecule has 4 rings (SSSR count). The Bertz CT molecular complexity index is 869. The molecule has 1 aromatic carbocycles. The van der Waals surface area contributed by atoms with Gasteiger partial charge in [-0.1, -0.05) is 29.5 Å². The molecule has 7 nitrogen and oxygen atoms in total. The van der Waals surface area contributed by atoms with Crippen molar-refractivity contribution in [1.29, 1.82) is 0 Å². The first-order valence-electron chi connectivity index (χ1n) is 8.26. The van der Waals surface area contributed by atoms with E-state index >= 15 is 0 Å². The van der Waals surface area contributed by atoms with Gasteiger partial charge in [0.25, 0.3) is 0 Å². The summed E-state index contributed by atoms with van der Waals surface area (Å²) in [5.41, 5.74) is 1.05.